The van der Waals surface area contributed by atoms with Crippen LogP contribution >= 0.6 is 0 Å². The first-order chi connectivity index (χ1) is 18.2. The zero-order valence-electron chi connectivity index (χ0n) is 22.9. The number of fused-ring (bicyclic) bond motifs is 1. The summed E-state index contributed by atoms with van der Waals surface area (Å²) in [6.45, 7) is 8.47. The van der Waals surface area contributed by atoms with Gasteiger partial charge in [0.1, 0.15) is 18.2 Å². The van der Waals surface area contributed by atoms with Gasteiger partial charge in [-0.05, 0) is 68.0 Å². The SMILES string of the molecule is CCc1ccc2cnc(/C=C/CCCO[C@H](C(=O)N[C@@H](C)C(=O)N3CCC[C@@H](C(N)=O)N3)C(C)C)cc2c1. The monoisotopic (exact) mass is 523 g/mol. The van der Waals surface area contributed by atoms with Crippen LogP contribution in [0.3, 0.4) is 0 Å². The van der Waals surface area contributed by atoms with Crippen LogP contribution in [-0.2, 0) is 25.5 Å². The zero-order chi connectivity index (χ0) is 27.7. The van der Waals surface area contributed by atoms with Crippen LogP contribution in [0.4, 0.5) is 0 Å². The standard InChI is InChI=1S/C29H41N5O4/c1-5-21-12-13-22-18-31-24(17-23(22)16-21)10-7-6-8-15-38-26(19(2)3)28(36)32-20(4)29(37)34-14-9-11-25(33-34)27(30)35/h7,10,12-13,16-20,25-26,33H,5-6,8-9,11,14-15H2,1-4H3,(H2,30,35)(H,32,36)/b10-7+/t20-,25-,26-/m0/s1. The quantitative estimate of drug-likeness (QED) is 0.367. The highest BCUT2D eigenvalue weighted by molar-refractivity contribution is 5.89. The van der Waals surface area contributed by atoms with Crippen molar-refractivity contribution >= 4 is 34.6 Å². The molecule has 9 heteroatoms. The number of nitrogens with zero attached hydrogens (tertiary/aromatic N) is 2. The number of rotatable bonds is 12. The first kappa shape index (κ1) is 29.3. The molecule has 0 unspecified atom stereocenters. The molecule has 0 aliphatic carbocycles. The lowest BCUT2D eigenvalue weighted by atomic mass is 10.1. The Labute approximate surface area is 225 Å². The van der Waals surface area contributed by atoms with Crippen LogP contribution in [0.15, 0.2) is 36.5 Å². The largest absolute Gasteiger partial charge is 0.368 e. The molecule has 1 aliphatic rings. The first-order valence-corrected chi connectivity index (χ1v) is 13.5. The molecule has 3 amide bonds. The number of carbonyl (C=O) groups excluding carboxylic acids is 3. The summed E-state index contributed by atoms with van der Waals surface area (Å²) >= 11 is 0. The Hall–Kier alpha value is -3.30. The molecule has 0 saturated carbocycles. The number of primary amides is 1. The second-order valence-corrected chi connectivity index (χ2v) is 10.2. The maximum Gasteiger partial charge on any atom is 0.258 e. The van der Waals surface area contributed by atoms with Crippen molar-refractivity contribution in [3.05, 3.63) is 47.8 Å². The van der Waals surface area contributed by atoms with Gasteiger partial charge in [-0.25, -0.2) is 5.43 Å². The fraction of sp³-hybridized carbons (Fsp3) is 0.517. The van der Waals surface area contributed by atoms with Crippen molar-refractivity contribution in [3.63, 3.8) is 0 Å². The zero-order valence-corrected chi connectivity index (χ0v) is 22.9. The maximum atomic E-state index is 12.9. The predicted molar refractivity (Wildman–Crippen MR) is 149 cm³/mol. The summed E-state index contributed by atoms with van der Waals surface area (Å²) in [5.41, 5.74) is 10.4. The third-order valence-corrected chi connectivity index (χ3v) is 6.71. The lowest BCUT2D eigenvalue weighted by Gasteiger charge is -2.34. The van der Waals surface area contributed by atoms with Crippen molar-refractivity contribution in [2.75, 3.05) is 13.2 Å². The Morgan fingerprint density at radius 2 is 2.03 bits per heavy atom. The average molecular weight is 524 g/mol. The van der Waals surface area contributed by atoms with Crippen molar-refractivity contribution in [2.24, 2.45) is 11.7 Å². The van der Waals surface area contributed by atoms with E-state index in [1.807, 2.05) is 26.1 Å². The molecule has 38 heavy (non-hydrogen) atoms. The highest BCUT2D eigenvalue weighted by Gasteiger charge is 2.31. The number of hydrogen-bond acceptors (Lipinski definition) is 6. The minimum atomic E-state index is -0.766. The van der Waals surface area contributed by atoms with E-state index in [0.29, 0.717) is 26.0 Å². The highest BCUT2D eigenvalue weighted by atomic mass is 16.5. The van der Waals surface area contributed by atoms with Gasteiger partial charge in [0.25, 0.3) is 5.91 Å². The Kier molecular flexibility index (Phi) is 10.8. The lowest BCUT2D eigenvalue weighted by molar-refractivity contribution is -0.145. The van der Waals surface area contributed by atoms with E-state index >= 15 is 0 Å². The third kappa shape index (κ3) is 8.10. The number of aryl methyl sites for hydroxylation is 1. The summed E-state index contributed by atoms with van der Waals surface area (Å²) in [6.07, 6.45) is 9.09. The van der Waals surface area contributed by atoms with E-state index in [-0.39, 0.29) is 17.7 Å². The number of carbonyl (C=O) groups is 3. The smallest absolute Gasteiger partial charge is 0.258 e. The second-order valence-electron chi connectivity index (χ2n) is 10.2. The van der Waals surface area contributed by atoms with Gasteiger partial charge in [-0.2, -0.15) is 0 Å². The van der Waals surface area contributed by atoms with E-state index in [1.54, 1.807) is 6.92 Å². The molecule has 3 rings (SSSR count). The average Bonchev–Trinajstić information content (AvgIpc) is 2.91. The molecule has 2 heterocycles. The van der Waals surface area contributed by atoms with Gasteiger partial charge in [-0.15, -0.1) is 0 Å². The van der Waals surface area contributed by atoms with Crippen LogP contribution in [0.2, 0.25) is 0 Å². The van der Waals surface area contributed by atoms with E-state index in [4.69, 9.17) is 10.5 Å². The van der Waals surface area contributed by atoms with Crippen LogP contribution in [0.1, 0.15) is 64.6 Å². The fourth-order valence-corrected chi connectivity index (χ4v) is 4.45. The van der Waals surface area contributed by atoms with Gasteiger partial charge in [-0.1, -0.05) is 45.0 Å². The number of allylic oxidation sites excluding steroid dienone is 1. The molecular weight excluding hydrogens is 482 g/mol. The van der Waals surface area contributed by atoms with Gasteiger partial charge in [0, 0.05) is 24.7 Å². The molecule has 1 aromatic heterocycles. The molecule has 4 N–H and O–H groups in total. The minimum Gasteiger partial charge on any atom is -0.368 e. The molecule has 0 bridgehead atoms. The Morgan fingerprint density at radius 3 is 2.74 bits per heavy atom. The number of benzene rings is 1. The lowest BCUT2D eigenvalue weighted by Crippen LogP contribution is -2.60. The molecule has 0 radical (unpaired) electrons. The van der Waals surface area contributed by atoms with Gasteiger partial charge in [-0.3, -0.25) is 24.4 Å². The number of nitrogens with one attached hydrogen (secondary N) is 2. The summed E-state index contributed by atoms with van der Waals surface area (Å²) in [5.74, 6) is -1.20. The number of unbranched alkanes of at least 4 members (excludes halogenated alkanes) is 1. The first-order valence-electron chi connectivity index (χ1n) is 13.5. The minimum absolute atomic E-state index is 0.0602. The van der Waals surface area contributed by atoms with Crippen molar-refractivity contribution in [1.29, 1.82) is 0 Å². The molecule has 1 fully saturated rings. The van der Waals surface area contributed by atoms with Gasteiger partial charge in [0.15, 0.2) is 0 Å². The van der Waals surface area contributed by atoms with E-state index in [0.717, 1.165) is 30.3 Å². The molecule has 1 aromatic carbocycles. The fourth-order valence-electron chi connectivity index (χ4n) is 4.45. The molecule has 2 aromatic rings. The van der Waals surface area contributed by atoms with Crippen LogP contribution < -0.4 is 16.5 Å². The number of amides is 3. The van der Waals surface area contributed by atoms with Crippen molar-refractivity contribution < 1.29 is 19.1 Å². The van der Waals surface area contributed by atoms with Crippen molar-refractivity contribution in [3.8, 4) is 0 Å². The Balaban J connectivity index is 1.45. The number of hydrogen-bond donors (Lipinski definition) is 3. The van der Waals surface area contributed by atoms with Crippen molar-refractivity contribution in [1.82, 2.24) is 20.7 Å². The maximum absolute atomic E-state index is 12.9. The topological polar surface area (TPSA) is 127 Å². The highest BCUT2D eigenvalue weighted by Crippen LogP contribution is 2.18. The number of ether oxygens (including phenoxy) is 1. The molecule has 0 spiro atoms. The summed E-state index contributed by atoms with van der Waals surface area (Å²) in [5, 5.41) is 6.45. The van der Waals surface area contributed by atoms with Crippen LogP contribution in [0.5, 0.6) is 0 Å². The van der Waals surface area contributed by atoms with E-state index in [1.165, 1.54) is 16.0 Å². The van der Waals surface area contributed by atoms with Gasteiger partial charge in [0.05, 0.1) is 5.69 Å². The van der Waals surface area contributed by atoms with Gasteiger partial charge < -0.3 is 15.8 Å². The molecular formula is C29H41N5O4. The third-order valence-electron chi connectivity index (χ3n) is 6.71. The van der Waals surface area contributed by atoms with E-state index in [2.05, 4.69) is 53.0 Å². The normalized spacial score (nSPS) is 17.6. The Bertz CT molecular complexity index is 1150. The molecule has 3 atom stereocenters. The van der Waals surface area contributed by atoms with Gasteiger partial charge >= 0.3 is 0 Å². The predicted octanol–water partition coefficient (Wildman–Crippen LogP) is 3.12. The number of nitrogens with two attached hydrogens (primary N) is 1. The van der Waals surface area contributed by atoms with Crippen LogP contribution in [-0.4, -0.2) is 59.1 Å². The number of pyridine rings is 1. The van der Waals surface area contributed by atoms with Crippen LogP contribution in [0, 0.1) is 5.92 Å². The van der Waals surface area contributed by atoms with Crippen molar-refractivity contribution in [2.45, 2.75) is 78.0 Å². The van der Waals surface area contributed by atoms with E-state index in [9.17, 15) is 14.4 Å². The molecule has 1 saturated heterocycles. The summed E-state index contributed by atoms with van der Waals surface area (Å²) in [4.78, 5) is 41.7. The number of aromatic nitrogens is 1. The number of hydrazine groups is 1. The molecule has 1 aliphatic heterocycles. The van der Waals surface area contributed by atoms with Crippen LogP contribution in [0.25, 0.3) is 16.8 Å². The summed E-state index contributed by atoms with van der Waals surface area (Å²) < 4.78 is 5.91. The summed E-state index contributed by atoms with van der Waals surface area (Å²) in [7, 11) is 0. The van der Waals surface area contributed by atoms with Gasteiger partial charge in [0.2, 0.25) is 11.8 Å². The summed E-state index contributed by atoms with van der Waals surface area (Å²) in [6, 6.07) is 7.19. The van der Waals surface area contributed by atoms with E-state index < -0.39 is 24.1 Å². The molecule has 9 nitrogen and oxygen atoms in total. The second kappa shape index (κ2) is 14.0. The Morgan fingerprint density at radius 1 is 1.24 bits per heavy atom. The molecule has 206 valence electrons.